The Labute approximate surface area is 209 Å². The van der Waals surface area contributed by atoms with E-state index in [0.29, 0.717) is 46.2 Å². The Morgan fingerprint density at radius 2 is 1.74 bits per heavy atom. The maximum absolute atomic E-state index is 12.9. The second-order valence-electron chi connectivity index (χ2n) is 7.68. The molecule has 4 rings (SSSR count). The highest BCUT2D eigenvalue weighted by molar-refractivity contribution is 8.26. The van der Waals surface area contributed by atoms with Gasteiger partial charge in [0.1, 0.15) is 23.3 Å². The first kappa shape index (κ1) is 23.9. The van der Waals surface area contributed by atoms with Crippen LogP contribution in [0, 0.1) is 6.92 Å². The van der Waals surface area contributed by atoms with Gasteiger partial charge in [0.15, 0.2) is 11.5 Å². The largest absolute Gasteiger partial charge is 0.493 e. The molecule has 7 heteroatoms. The molecular formula is C27H25NO4S2. The molecule has 0 unspecified atom stereocenters. The number of thioether (sulfide) groups is 1. The molecule has 1 aliphatic rings. The Morgan fingerprint density at radius 3 is 2.53 bits per heavy atom. The van der Waals surface area contributed by atoms with E-state index in [1.54, 1.807) is 12.0 Å². The molecule has 174 valence electrons. The number of hydrogen-bond acceptors (Lipinski definition) is 6. The highest BCUT2D eigenvalue weighted by Gasteiger charge is 2.31. The molecule has 0 saturated carbocycles. The van der Waals surface area contributed by atoms with E-state index < -0.39 is 0 Å². The van der Waals surface area contributed by atoms with E-state index in [2.05, 4.69) is 0 Å². The summed E-state index contributed by atoms with van der Waals surface area (Å²) in [5.41, 5.74) is 3.02. The van der Waals surface area contributed by atoms with Crippen LogP contribution in [0.15, 0.2) is 77.7 Å². The van der Waals surface area contributed by atoms with Crippen molar-refractivity contribution < 1.29 is 19.0 Å². The van der Waals surface area contributed by atoms with E-state index in [9.17, 15) is 4.79 Å². The minimum Gasteiger partial charge on any atom is -0.493 e. The van der Waals surface area contributed by atoms with Gasteiger partial charge in [-0.3, -0.25) is 9.69 Å². The zero-order valence-corrected chi connectivity index (χ0v) is 20.7. The van der Waals surface area contributed by atoms with Crippen molar-refractivity contribution in [3.05, 3.63) is 94.4 Å². The van der Waals surface area contributed by atoms with Crippen molar-refractivity contribution in [1.82, 2.24) is 4.90 Å². The van der Waals surface area contributed by atoms with Crippen molar-refractivity contribution in [1.29, 1.82) is 0 Å². The van der Waals surface area contributed by atoms with Crippen LogP contribution in [0.4, 0.5) is 0 Å². The first-order chi connectivity index (χ1) is 16.5. The van der Waals surface area contributed by atoms with Gasteiger partial charge < -0.3 is 14.2 Å². The van der Waals surface area contributed by atoms with Gasteiger partial charge in [-0.05, 0) is 54.0 Å². The average Bonchev–Trinajstić information content (AvgIpc) is 3.10. The number of carbonyl (C=O) groups is 1. The van der Waals surface area contributed by atoms with Gasteiger partial charge in [0, 0.05) is 0 Å². The summed E-state index contributed by atoms with van der Waals surface area (Å²) < 4.78 is 17.6. The number of rotatable bonds is 9. The number of carbonyl (C=O) groups excluding carboxylic acids is 1. The van der Waals surface area contributed by atoms with Gasteiger partial charge in [0.05, 0.1) is 18.6 Å². The summed E-state index contributed by atoms with van der Waals surface area (Å²) in [7, 11) is 1.62. The first-order valence-electron chi connectivity index (χ1n) is 10.8. The van der Waals surface area contributed by atoms with Crippen molar-refractivity contribution in [2.24, 2.45) is 0 Å². The van der Waals surface area contributed by atoms with Crippen LogP contribution < -0.4 is 14.2 Å². The Morgan fingerprint density at radius 1 is 0.941 bits per heavy atom. The molecule has 34 heavy (non-hydrogen) atoms. The lowest BCUT2D eigenvalue weighted by Crippen LogP contribution is -2.27. The molecule has 0 radical (unpaired) electrons. The van der Waals surface area contributed by atoms with Gasteiger partial charge in [0.25, 0.3) is 5.91 Å². The summed E-state index contributed by atoms with van der Waals surface area (Å²) in [5, 5.41) is 0. The molecule has 0 aromatic heterocycles. The quantitative estimate of drug-likeness (QED) is 0.212. The second kappa shape index (κ2) is 11.2. The minimum absolute atomic E-state index is 0.0781. The molecule has 0 aliphatic carbocycles. The van der Waals surface area contributed by atoms with Crippen molar-refractivity contribution in [2.75, 3.05) is 20.3 Å². The third-order valence-corrected chi connectivity index (χ3v) is 6.52. The highest BCUT2D eigenvalue weighted by atomic mass is 32.2. The van der Waals surface area contributed by atoms with Gasteiger partial charge in [0.2, 0.25) is 0 Å². The molecule has 0 bridgehead atoms. The standard InChI is InChI=1S/C27H25NO4S2/c1-19-11-12-23(24(15-19)30-2)32-14-13-31-22-10-6-9-21(16-22)17-25-26(29)28(27(33)34-25)18-20-7-4-3-5-8-20/h3-12,15-17H,13-14,18H2,1-2H3. The number of methoxy groups -OCH3 is 1. The topological polar surface area (TPSA) is 48.0 Å². The van der Waals surface area contributed by atoms with Crippen molar-refractivity contribution in [2.45, 2.75) is 13.5 Å². The van der Waals surface area contributed by atoms with Crippen LogP contribution in [0.1, 0.15) is 16.7 Å². The fourth-order valence-corrected chi connectivity index (χ4v) is 4.71. The fraction of sp³-hybridized carbons (Fsp3) is 0.185. The molecule has 0 spiro atoms. The third-order valence-electron chi connectivity index (χ3n) is 5.14. The number of ether oxygens (including phenoxy) is 3. The van der Waals surface area contributed by atoms with E-state index in [-0.39, 0.29) is 5.91 Å². The van der Waals surface area contributed by atoms with Crippen LogP contribution >= 0.6 is 24.0 Å². The molecule has 0 atom stereocenters. The van der Waals surface area contributed by atoms with Crippen LogP contribution in [0.5, 0.6) is 17.2 Å². The number of amides is 1. The SMILES string of the molecule is COc1cc(C)ccc1OCCOc1cccc(C=C2SC(=S)N(Cc3ccccc3)C2=O)c1. The smallest absolute Gasteiger partial charge is 0.266 e. The van der Waals surface area contributed by atoms with Gasteiger partial charge in [-0.25, -0.2) is 0 Å². The Hall–Kier alpha value is -3.29. The zero-order valence-electron chi connectivity index (χ0n) is 19.0. The average molecular weight is 492 g/mol. The fourth-order valence-electron chi connectivity index (χ4n) is 3.45. The third kappa shape index (κ3) is 5.98. The number of benzene rings is 3. The molecule has 5 nitrogen and oxygen atoms in total. The molecule has 0 N–H and O–H groups in total. The van der Waals surface area contributed by atoms with Crippen LogP contribution in [0.25, 0.3) is 6.08 Å². The molecule has 1 amide bonds. The number of aryl methyl sites for hydroxylation is 1. The second-order valence-corrected chi connectivity index (χ2v) is 9.35. The van der Waals surface area contributed by atoms with E-state index in [0.717, 1.165) is 16.7 Å². The molecule has 3 aromatic carbocycles. The van der Waals surface area contributed by atoms with E-state index in [1.165, 1.54) is 11.8 Å². The molecule has 1 saturated heterocycles. The Bertz CT molecular complexity index is 1210. The van der Waals surface area contributed by atoms with Crippen molar-refractivity contribution >= 4 is 40.3 Å². The Balaban J connectivity index is 1.35. The normalized spacial score (nSPS) is 14.5. The van der Waals surface area contributed by atoms with Crippen molar-refractivity contribution in [3.8, 4) is 17.2 Å². The summed E-state index contributed by atoms with van der Waals surface area (Å²) in [6.45, 7) is 3.23. The summed E-state index contributed by atoms with van der Waals surface area (Å²) in [5.74, 6) is 2.01. The number of hydrogen-bond donors (Lipinski definition) is 0. The van der Waals surface area contributed by atoms with Crippen molar-refractivity contribution in [3.63, 3.8) is 0 Å². The van der Waals surface area contributed by atoms with Crippen LogP contribution in [-0.2, 0) is 11.3 Å². The first-order valence-corrected chi connectivity index (χ1v) is 12.1. The van der Waals surface area contributed by atoms with Gasteiger partial charge >= 0.3 is 0 Å². The van der Waals surface area contributed by atoms with Gasteiger partial charge in [-0.2, -0.15) is 0 Å². The lowest BCUT2D eigenvalue weighted by atomic mass is 10.2. The van der Waals surface area contributed by atoms with Crippen LogP contribution in [0.2, 0.25) is 0 Å². The minimum atomic E-state index is -0.0781. The molecule has 3 aromatic rings. The predicted molar refractivity (Wildman–Crippen MR) is 140 cm³/mol. The predicted octanol–water partition coefficient (Wildman–Crippen LogP) is 5.86. The summed E-state index contributed by atoms with van der Waals surface area (Å²) in [4.78, 5) is 15.2. The maximum Gasteiger partial charge on any atom is 0.266 e. The molecular weight excluding hydrogens is 466 g/mol. The zero-order chi connectivity index (χ0) is 23.9. The van der Waals surface area contributed by atoms with E-state index >= 15 is 0 Å². The van der Waals surface area contributed by atoms with Gasteiger partial charge in [-0.1, -0.05) is 72.5 Å². The lowest BCUT2D eigenvalue weighted by molar-refractivity contribution is -0.122. The summed E-state index contributed by atoms with van der Waals surface area (Å²) >= 11 is 6.77. The monoisotopic (exact) mass is 491 g/mol. The number of nitrogens with zero attached hydrogens (tertiary/aromatic N) is 1. The van der Waals surface area contributed by atoms with Gasteiger partial charge in [-0.15, -0.1) is 0 Å². The highest BCUT2D eigenvalue weighted by Crippen LogP contribution is 2.34. The van der Waals surface area contributed by atoms with Crippen LogP contribution in [-0.4, -0.2) is 35.5 Å². The van der Waals surface area contributed by atoms with E-state index in [4.69, 9.17) is 26.4 Å². The maximum atomic E-state index is 12.9. The molecule has 1 aliphatic heterocycles. The molecule has 1 heterocycles. The molecule has 1 fully saturated rings. The lowest BCUT2D eigenvalue weighted by Gasteiger charge is -2.14. The van der Waals surface area contributed by atoms with Crippen LogP contribution in [0.3, 0.4) is 0 Å². The van der Waals surface area contributed by atoms with E-state index in [1.807, 2.05) is 85.8 Å². The summed E-state index contributed by atoms with van der Waals surface area (Å²) in [6, 6.07) is 23.3. The number of thiocarbonyl (C=S) groups is 1. The summed E-state index contributed by atoms with van der Waals surface area (Å²) in [6.07, 6.45) is 1.85. The Kier molecular flexibility index (Phi) is 7.87.